The van der Waals surface area contributed by atoms with E-state index < -0.39 is 0 Å². The van der Waals surface area contributed by atoms with E-state index in [9.17, 15) is 0 Å². The van der Waals surface area contributed by atoms with Crippen LogP contribution in [0.3, 0.4) is 0 Å². The summed E-state index contributed by atoms with van der Waals surface area (Å²) in [7, 11) is 0. The lowest BCUT2D eigenvalue weighted by Gasteiger charge is -2.31. The maximum absolute atomic E-state index is 2.43. The van der Waals surface area contributed by atoms with Gasteiger partial charge < -0.3 is 9.80 Å². The lowest BCUT2D eigenvalue weighted by Crippen LogP contribution is -2.14. The van der Waals surface area contributed by atoms with E-state index in [0.29, 0.717) is 0 Å². The number of benzene rings is 10. The molecule has 0 radical (unpaired) electrons. The average molecular weight is 663 g/mol. The fourth-order valence-corrected chi connectivity index (χ4v) is 7.92. The van der Waals surface area contributed by atoms with Crippen molar-refractivity contribution in [2.45, 2.75) is 0 Å². The van der Waals surface area contributed by atoms with Crippen LogP contribution in [-0.4, -0.2) is 0 Å². The van der Waals surface area contributed by atoms with Crippen molar-refractivity contribution in [1.82, 2.24) is 0 Å². The van der Waals surface area contributed by atoms with Crippen molar-refractivity contribution in [1.29, 1.82) is 0 Å². The first-order chi connectivity index (χ1) is 25.8. The molecule has 0 bridgehead atoms. The number of rotatable bonds is 6. The lowest BCUT2D eigenvalue weighted by molar-refractivity contribution is 1.29. The van der Waals surface area contributed by atoms with Crippen LogP contribution >= 0.6 is 0 Å². The van der Waals surface area contributed by atoms with Crippen molar-refractivity contribution < 1.29 is 0 Å². The number of para-hydroxylation sites is 2. The van der Waals surface area contributed by atoms with Crippen molar-refractivity contribution in [2.24, 2.45) is 0 Å². The predicted molar refractivity (Wildman–Crippen MR) is 223 cm³/mol. The summed E-state index contributed by atoms with van der Waals surface area (Å²) in [5.74, 6) is 0. The maximum atomic E-state index is 2.43. The van der Waals surface area contributed by atoms with Gasteiger partial charge in [-0.3, -0.25) is 0 Å². The molecule has 0 N–H and O–H groups in total. The van der Waals surface area contributed by atoms with E-state index in [1.165, 1.54) is 53.9 Å². The molecule has 2 heteroatoms. The quantitative estimate of drug-likeness (QED) is 0.164. The molecule has 52 heavy (non-hydrogen) atoms. The lowest BCUT2D eigenvalue weighted by atomic mass is 9.98. The Hall–Kier alpha value is -6.90. The van der Waals surface area contributed by atoms with Gasteiger partial charge in [-0.15, -0.1) is 0 Å². The van der Waals surface area contributed by atoms with Crippen LogP contribution in [-0.2, 0) is 0 Å². The van der Waals surface area contributed by atoms with Gasteiger partial charge in [0.25, 0.3) is 0 Å². The van der Waals surface area contributed by atoms with E-state index in [-0.39, 0.29) is 0 Å². The van der Waals surface area contributed by atoms with Crippen LogP contribution in [0.25, 0.3) is 53.9 Å². The molecular formula is C50H34N2. The molecule has 0 unspecified atom stereocenters. The summed E-state index contributed by atoms with van der Waals surface area (Å²) in [6.45, 7) is 0. The minimum absolute atomic E-state index is 1.11. The highest BCUT2D eigenvalue weighted by Crippen LogP contribution is 2.48. The Bertz CT molecular complexity index is 2710. The smallest absolute Gasteiger partial charge is 0.0541 e. The normalized spacial score (nSPS) is 11.5. The van der Waals surface area contributed by atoms with Gasteiger partial charge in [0.2, 0.25) is 0 Å². The van der Waals surface area contributed by atoms with Crippen molar-refractivity contribution in [3.05, 3.63) is 206 Å². The van der Waals surface area contributed by atoms with Gasteiger partial charge in [0.15, 0.2) is 0 Å². The van der Waals surface area contributed by atoms with Crippen LogP contribution < -0.4 is 9.80 Å². The summed E-state index contributed by atoms with van der Waals surface area (Å²) in [6.07, 6.45) is 0. The highest BCUT2D eigenvalue weighted by Gasteiger charge is 2.23. The zero-order chi connectivity index (χ0) is 34.4. The van der Waals surface area contributed by atoms with Gasteiger partial charge in [-0.25, -0.2) is 0 Å². The fourth-order valence-electron chi connectivity index (χ4n) is 7.92. The Balaban J connectivity index is 1.23. The first kappa shape index (κ1) is 30.0. The van der Waals surface area contributed by atoms with Gasteiger partial charge in [0, 0.05) is 32.9 Å². The third kappa shape index (κ3) is 5.04. The van der Waals surface area contributed by atoms with E-state index in [1.54, 1.807) is 0 Å². The van der Waals surface area contributed by atoms with Crippen LogP contribution in [0.4, 0.5) is 34.1 Å². The molecule has 0 aliphatic rings. The van der Waals surface area contributed by atoms with Gasteiger partial charge in [0.1, 0.15) is 0 Å². The minimum Gasteiger partial charge on any atom is -0.309 e. The monoisotopic (exact) mass is 662 g/mol. The summed E-state index contributed by atoms with van der Waals surface area (Å²) in [4.78, 5) is 4.86. The average Bonchev–Trinajstić information content (AvgIpc) is 3.21. The molecular weight excluding hydrogens is 629 g/mol. The third-order valence-electron chi connectivity index (χ3n) is 10.3. The second-order valence-corrected chi connectivity index (χ2v) is 13.4. The second kappa shape index (κ2) is 12.5. The van der Waals surface area contributed by atoms with E-state index in [4.69, 9.17) is 0 Å². The zero-order valence-corrected chi connectivity index (χ0v) is 28.5. The molecule has 0 amide bonds. The maximum Gasteiger partial charge on any atom is 0.0541 e. The highest BCUT2D eigenvalue weighted by molar-refractivity contribution is 6.13. The standard InChI is InChI=1S/C50H34N2/c1-3-21-41(22-4-1)51(47-27-13-19-39-31-35-15-7-9-17-37(35)33-45(39)47)49-29-30-50(44-26-12-11-25-43(44)49)52(42-23-5-2-6-24-42)48-28-14-20-40-32-36-16-8-10-18-38(36)34-46(40)48/h1-34H. The summed E-state index contributed by atoms with van der Waals surface area (Å²) < 4.78 is 0. The predicted octanol–water partition coefficient (Wildman–Crippen LogP) is 14.4. The van der Waals surface area contributed by atoms with Crippen molar-refractivity contribution in [3.63, 3.8) is 0 Å². The molecule has 0 aromatic heterocycles. The van der Waals surface area contributed by atoms with Gasteiger partial charge in [-0.1, -0.05) is 133 Å². The number of anilines is 6. The fraction of sp³-hybridized carbons (Fsp3) is 0. The molecule has 0 saturated heterocycles. The number of hydrogen-bond acceptors (Lipinski definition) is 2. The largest absolute Gasteiger partial charge is 0.309 e. The van der Waals surface area contributed by atoms with Crippen LogP contribution in [0.5, 0.6) is 0 Å². The number of nitrogens with zero attached hydrogens (tertiary/aromatic N) is 2. The number of hydrogen-bond donors (Lipinski definition) is 0. The van der Waals surface area contributed by atoms with Crippen LogP contribution in [0, 0.1) is 0 Å². The van der Waals surface area contributed by atoms with Gasteiger partial charge in [-0.2, -0.15) is 0 Å². The van der Waals surface area contributed by atoms with E-state index in [1.807, 2.05) is 0 Å². The first-order valence-corrected chi connectivity index (χ1v) is 17.9. The zero-order valence-electron chi connectivity index (χ0n) is 28.5. The Morgan fingerprint density at radius 3 is 0.962 bits per heavy atom. The second-order valence-electron chi connectivity index (χ2n) is 13.4. The molecule has 10 aromatic carbocycles. The molecule has 0 saturated carbocycles. The summed E-state index contributed by atoms with van der Waals surface area (Å²) in [6, 6.07) is 74.9. The molecule has 0 spiro atoms. The molecule has 0 aliphatic carbocycles. The minimum atomic E-state index is 1.11. The molecule has 2 nitrogen and oxygen atoms in total. The summed E-state index contributed by atoms with van der Waals surface area (Å²) >= 11 is 0. The van der Waals surface area contributed by atoms with E-state index in [0.717, 1.165) is 34.1 Å². The van der Waals surface area contributed by atoms with E-state index in [2.05, 4.69) is 216 Å². The molecule has 0 heterocycles. The first-order valence-electron chi connectivity index (χ1n) is 17.9. The summed E-state index contributed by atoms with van der Waals surface area (Å²) in [5.41, 5.74) is 6.77. The van der Waals surface area contributed by atoms with Crippen molar-refractivity contribution in [3.8, 4) is 0 Å². The molecule has 10 rings (SSSR count). The van der Waals surface area contributed by atoms with Gasteiger partial charge in [-0.05, 0) is 105 Å². The Morgan fingerprint density at radius 1 is 0.212 bits per heavy atom. The SMILES string of the molecule is c1ccc(N(c2cccc3cc4ccccc4cc23)c2ccc(N(c3ccccc3)c3cccc4cc5ccccc5cc34)c3ccccc23)cc1. The van der Waals surface area contributed by atoms with Crippen LogP contribution in [0.15, 0.2) is 206 Å². The van der Waals surface area contributed by atoms with Crippen molar-refractivity contribution >= 4 is 88.0 Å². The molecule has 0 fully saturated rings. The molecule has 0 atom stereocenters. The van der Waals surface area contributed by atoms with Crippen molar-refractivity contribution in [2.75, 3.05) is 9.80 Å². The van der Waals surface area contributed by atoms with Gasteiger partial charge in [0.05, 0.1) is 22.7 Å². The Morgan fingerprint density at radius 2 is 0.538 bits per heavy atom. The third-order valence-corrected chi connectivity index (χ3v) is 10.3. The molecule has 0 aliphatic heterocycles. The Kier molecular flexibility index (Phi) is 7.18. The van der Waals surface area contributed by atoms with Crippen LogP contribution in [0.1, 0.15) is 0 Å². The topological polar surface area (TPSA) is 6.48 Å². The highest BCUT2D eigenvalue weighted by atomic mass is 15.2. The number of fused-ring (bicyclic) bond motifs is 5. The van der Waals surface area contributed by atoms with Crippen LogP contribution in [0.2, 0.25) is 0 Å². The summed E-state index contributed by atoms with van der Waals surface area (Å²) in [5, 5.41) is 12.2. The molecule has 244 valence electrons. The van der Waals surface area contributed by atoms with E-state index >= 15 is 0 Å². The van der Waals surface area contributed by atoms with Gasteiger partial charge >= 0.3 is 0 Å². The Labute approximate surface area is 303 Å². The molecule has 10 aromatic rings.